The van der Waals surface area contributed by atoms with Gasteiger partial charge < -0.3 is 21.1 Å². The Morgan fingerprint density at radius 3 is 2.56 bits per heavy atom. The lowest BCUT2D eigenvalue weighted by molar-refractivity contribution is -0.122. The van der Waals surface area contributed by atoms with Crippen molar-refractivity contribution in [2.24, 2.45) is 0 Å². The summed E-state index contributed by atoms with van der Waals surface area (Å²) in [7, 11) is 0. The summed E-state index contributed by atoms with van der Waals surface area (Å²) in [5, 5.41) is 17.9. The second kappa shape index (κ2) is 10.9. The van der Waals surface area contributed by atoms with Gasteiger partial charge in [0.1, 0.15) is 11.9 Å². The van der Waals surface area contributed by atoms with E-state index in [1.54, 1.807) is 12.1 Å². The number of unbranched alkanes of at least 4 members (excludes halogenated alkanes) is 3. The van der Waals surface area contributed by atoms with Crippen molar-refractivity contribution in [1.82, 2.24) is 10.6 Å². The number of phenolic OH excluding ortho intramolecular Hbond substituents is 1. The Morgan fingerprint density at radius 1 is 1.24 bits per heavy atom. The third-order valence-corrected chi connectivity index (χ3v) is 4.14. The van der Waals surface area contributed by atoms with Gasteiger partial charge in [-0.15, -0.1) is 0 Å². The van der Waals surface area contributed by atoms with Gasteiger partial charge in [0.05, 0.1) is 0 Å². The van der Waals surface area contributed by atoms with Crippen molar-refractivity contribution in [2.45, 2.75) is 49.0 Å². The molecule has 5 nitrogen and oxygen atoms in total. The van der Waals surface area contributed by atoms with E-state index in [0.29, 0.717) is 12.1 Å². The van der Waals surface area contributed by atoms with E-state index in [1.165, 1.54) is 12.1 Å². The predicted octanol–water partition coefficient (Wildman–Crippen LogP) is 4.46. The summed E-state index contributed by atoms with van der Waals surface area (Å²) in [6.07, 6.45) is 3.29. The summed E-state index contributed by atoms with van der Waals surface area (Å²) in [5.74, 6) is -0.133. The Kier molecular flexibility index (Phi) is 9.64. The number of hydrogen-bond acceptors (Lipinski definition) is 3. The van der Waals surface area contributed by atoms with Crippen LogP contribution in [0.1, 0.15) is 39.0 Å². The number of phenols is 1. The van der Waals surface area contributed by atoms with Crippen LogP contribution in [0.25, 0.3) is 0 Å². The minimum atomic E-state index is -1.79. The van der Waals surface area contributed by atoms with Crippen LogP contribution in [0.5, 0.6) is 5.75 Å². The monoisotopic (exact) mass is 425 g/mol. The van der Waals surface area contributed by atoms with E-state index in [1.807, 2.05) is 0 Å². The quantitative estimate of drug-likeness (QED) is 0.214. The lowest BCUT2D eigenvalue weighted by Crippen LogP contribution is -2.56. The van der Waals surface area contributed by atoms with Gasteiger partial charge in [0, 0.05) is 18.2 Å². The van der Waals surface area contributed by atoms with E-state index in [-0.39, 0.29) is 16.8 Å². The topological polar surface area (TPSA) is 73.4 Å². The van der Waals surface area contributed by atoms with Gasteiger partial charge in [-0.3, -0.25) is 4.79 Å². The van der Waals surface area contributed by atoms with Crippen LogP contribution in [-0.4, -0.2) is 26.1 Å². The number of benzene rings is 1. The van der Waals surface area contributed by atoms with E-state index in [9.17, 15) is 9.90 Å². The summed E-state index contributed by atoms with van der Waals surface area (Å²) in [6.45, 7) is 2.10. The molecule has 1 aromatic rings. The van der Waals surface area contributed by atoms with Crippen LogP contribution in [0.15, 0.2) is 24.3 Å². The van der Waals surface area contributed by atoms with Crippen LogP contribution in [0.3, 0.4) is 0 Å². The van der Waals surface area contributed by atoms with Gasteiger partial charge in [0.2, 0.25) is 9.70 Å². The average Bonchev–Trinajstić information content (AvgIpc) is 2.50. The first-order chi connectivity index (χ1) is 11.7. The highest BCUT2D eigenvalue weighted by atomic mass is 35.6. The van der Waals surface area contributed by atoms with E-state index >= 15 is 0 Å². The lowest BCUT2D eigenvalue weighted by atomic mass is 10.1. The first-order valence-corrected chi connectivity index (χ1v) is 9.49. The van der Waals surface area contributed by atoms with Crippen molar-refractivity contribution in [3.8, 4) is 5.75 Å². The standard InChI is InChI=1S/C16H22Cl3N3O2S/c1-2-3-4-5-9-13(24)21-14(16(17,18)19)22-15(25)20-11-7-6-8-12(23)10-11/h6-8,10,14,23H,2-5,9H2,1H3,(H,21,24)(H2,20,22,25). The highest BCUT2D eigenvalue weighted by molar-refractivity contribution is 7.80. The molecule has 0 radical (unpaired) electrons. The maximum absolute atomic E-state index is 12.0. The maximum atomic E-state index is 12.0. The number of halogens is 3. The fourth-order valence-corrected chi connectivity index (χ4v) is 2.59. The summed E-state index contributed by atoms with van der Waals surface area (Å²) in [4.78, 5) is 12.0. The lowest BCUT2D eigenvalue weighted by Gasteiger charge is -2.27. The van der Waals surface area contributed by atoms with Crippen molar-refractivity contribution in [3.05, 3.63) is 24.3 Å². The molecule has 0 aromatic heterocycles. The zero-order chi connectivity index (χ0) is 18.9. The molecule has 1 unspecified atom stereocenters. The smallest absolute Gasteiger partial charge is 0.228 e. The summed E-state index contributed by atoms with van der Waals surface area (Å²) >= 11 is 22.9. The maximum Gasteiger partial charge on any atom is 0.228 e. The number of thiocarbonyl (C=S) groups is 1. The third-order valence-electron chi connectivity index (χ3n) is 3.27. The molecule has 9 heteroatoms. The molecule has 0 aliphatic heterocycles. The second-order valence-electron chi connectivity index (χ2n) is 5.50. The van der Waals surface area contributed by atoms with Crippen LogP contribution in [0.2, 0.25) is 0 Å². The Bertz CT molecular complexity index is 582. The summed E-state index contributed by atoms with van der Waals surface area (Å²) < 4.78 is -1.79. The number of carbonyl (C=O) groups is 1. The largest absolute Gasteiger partial charge is 0.508 e. The number of rotatable bonds is 8. The summed E-state index contributed by atoms with van der Waals surface area (Å²) in [5.41, 5.74) is 0.562. The van der Waals surface area contributed by atoms with E-state index < -0.39 is 9.96 Å². The van der Waals surface area contributed by atoms with Crippen LogP contribution in [0.4, 0.5) is 5.69 Å². The van der Waals surface area contributed by atoms with Crippen LogP contribution >= 0.6 is 47.0 Å². The van der Waals surface area contributed by atoms with Gasteiger partial charge >= 0.3 is 0 Å². The molecule has 1 amide bonds. The fourth-order valence-electron chi connectivity index (χ4n) is 2.03. The second-order valence-corrected chi connectivity index (χ2v) is 8.28. The van der Waals surface area contributed by atoms with E-state index in [0.717, 1.165) is 25.7 Å². The Balaban J connectivity index is 2.57. The van der Waals surface area contributed by atoms with E-state index in [2.05, 4.69) is 22.9 Å². The van der Waals surface area contributed by atoms with Gasteiger partial charge in [-0.1, -0.05) is 67.1 Å². The number of anilines is 1. The van der Waals surface area contributed by atoms with Crippen molar-refractivity contribution in [2.75, 3.05) is 5.32 Å². The van der Waals surface area contributed by atoms with Gasteiger partial charge in [-0.25, -0.2) is 0 Å². The highest BCUT2D eigenvalue weighted by Gasteiger charge is 2.34. The Labute approximate surface area is 168 Å². The molecule has 0 aliphatic carbocycles. The fraction of sp³-hybridized carbons (Fsp3) is 0.500. The van der Waals surface area contributed by atoms with Crippen molar-refractivity contribution in [1.29, 1.82) is 0 Å². The zero-order valence-corrected chi connectivity index (χ0v) is 16.9. The molecule has 140 valence electrons. The minimum absolute atomic E-state index is 0.0890. The number of amides is 1. The molecule has 1 rings (SSSR count). The first-order valence-electron chi connectivity index (χ1n) is 7.95. The zero-order valence-electron chi connectivity index (χ0n) is 13.8. The predicted molar refractivity (Wildman–Crippen MR) is 108 cm³/mol. The molecule has 0 aliphatic rings. The van der Waals surface area contributed by atoms with E-state index in [4.69, 9.17) is 47.0 Å². The van der Waals surface area contributed by atoms with Gasteiger partial charge in [0.15, 0.2) is 5.11 Å². The molecule has 0 spiro atoms. The normalized spacial score (nSPS) is 12.3. The average molecular weight is 427 g/mol. The van der Waals surface area contributed by atoms with Crippen molar-refractivity contribution < 1.29 is 9.90 Å². The summed E-state index contributed by atoms with van der Waals surface area (Å²) in [6, 6.07) is 6.39. The van der Waals surface area contributed by atoms with Crippen molar-refractivity contribution >= 4 is 63.7 Å². The highest BCUT2D eigenvalue weighted by Crippen LogP contribution is 2.29. The Morgan fingerprint density at radius 2 is 1.96 bits per heavy atom. The third kappa shape index (κ3) is 9.35. The molecule has 25 heavy (non-hydrogen) atoms. The molecule has 0 bridgehead atoms. The van der Waals surface area contributed by atoms with Crippen molar-refractivity contribution in [3.63, 3.8) is 0 Å². The SMILES string of the molecule is CCCCCCC(=O)NC(NC(=S)Nc1cccc(O)c1)C(Cl)(Cl)Cl. The molecule has 0 heterocycles. The minimum Gasteiger partial charge on any atom is -0.508 e. The molecule has 0 saturated heterocycles. The first kappa shape index (κ1) is 22.1. The molecule has 0 saturated carbocycles. The van der Waals surface area contributed by atoms with Gasteiger partial charge in [-0.2, -0.15) is 0 Å². The number of alkyl halides is 3. The van der Waals surface area contributed by atoms with Crippen LogP contribution in [-0.2, 0) is 4.79 Å². The Hall–Kier alpha value is -0.950. The molecule has 0 fully saturated rings. The van der Waals surface area contributed by atoms with Gasteiger partial charge in [0.25, 0.3) is 0 Å². The molecule has 4 N–H and O–H groups in total. The number of nitrogens with one attached hydrogen (secondary N) is 3. The number of aromatic hydroxyl groups is 1. The number of hydrogen-bond donors (Lipinski definition) is 4. The molecular weight excluding hydrogens is 405 g/mol. The number of carbonyl (C=O) groups excluding carboxylic acids is 1. The molecular formula is C16H22Cl3N3O2S. The van der Waals surface area contributed by atoms with Crippen LogP contribution < -0.4 is 16.0 Å². The molecule has 1 aromatic carbocycles. The van der Waals surface area contributed by atoms with Gasteiger partial charge in [-0.05, 0) is 30.8 Å². The molecule has 1 atom stereocenters. The van der Waals surface area contributed by atoms with Crippen LogP contribution in [0, 0.1) is 0 Å².